The Kier molecular flexibility index (Phi) is 5.75. The second-order valence-electron chi connectivity index (χ2n) is 15.0. The molecule has 4 aliphatic carbocycles. The number of fused-ring (bicyclic) bond motifs is 5. The van der Waals surface area contributed by atoms with E-state index in [0.29, 0.717) is 16.7 Å². The Balaban J connectivity index is 1.83. The molecule has 4 heteroatoms. The molecule has 7 atom stereocenters. The fraction of sp³-hybridized carbons (Fsp3) is 0.867. The van der Waals surface area contributed by atoms with Crippen molar-refractivity contribution < 1.29 is 19.8 Å². The van der Waals surface area contributed by atoms with E-state index in [1.165, 1.54) is 25.7 Å². The van der Waals surface area contributed by atoms with E-state index in [-0.39, 0.29) is 29.1 Å². The van der Waals surface area contributed by atoms with Crippen LogP contribution in [0.25, 0.3) is 0 Å². The van der Waals surface area contributed by atoms with Crippen molar-refractivity contribution in [3.63, 3.8) is 0 Å². The van der Waals surface area contributed by atoms with Crippen molar-refractivity contribution in [1.29, 1.82) is 0 Å². The largest absolute Gasteiger partial charge is 0.481 e. The summed E-state index contributed by atoms with van der Waals surface area (Å²) in [5, 5.41) is 20.1. The van der Waals surface area contributed by atoms with Gasteiger partial charge in [0.25, 0.3) is 0 Å². The molecule has 0 heterocycles. The molecule has 2 N–H and O–H groups in total. The standard InChI is InChI=1S/C30H48O4/c1-25(2)13-14-27(5)15-16-29(7)19(20(27)17-25)9-10-22-28(6,18-23(31)32)21(11-12-30(22,29)8)26(3,4)24(33)34/h9,20-22H,10-18H2,1-8H3,(H,31,32)(H,33,34)/t20-,21-,22+,27+,28-,29+,30+/m0/s1. The van der Waals surface area contributed by atoms with Gasteiger partial charge in [-0.1, -0.05) is 53.2 Å². The molecule has 0 radical (unpaired) electrons. The van der Waals surface area contributed by atoms with E-state index in [0.717, 1.165) is 25.7 Å². The van der Waals surface area contributed by atoms with Crippen LogP contribution >= 0.6 is 0 Å². The summed E-state index contributed by atoms with van der Waals surface area (Å²) in [6.45, 7) is 18.0. The number of carbonyl (C=O) groups is 2. The zero-order valence-electron chi connectivity index (χ0n) is 22.9. The summed E-state index contributed by atoms with van der Waals surface area (Å²) >= 11 is 0. The van der Waals surface area contributed by atoms with Gasteiger partial charge in [0.2, 0.25) is 0 Å². The molecule has 0 aromatic heterocycles. The molecule has 4 nitrogen and oxygen atoms in total. The monoisotopic (exact) mass is 472 g/mol. The number of aliphatic carboxylic acids is 2. The molecule has 0 amide bonds. The highest BCUT2D eigenvalue weighted by atomic mass is 16.4. The van der Waals surface area contributed by atoms with E-state index in [2.05, 4.69) is 47.6 Å². The lowest BCUT2D eigenvalue weighted by Crippen LogP contribution is -2.63. The van der Waals surface area contributed by atoms with Gasteiger partial charge in [0, 0.05) is 0 Å². The zero-order valence-corrected chi connectivity index (χ0v) is 22.9. The molecular weight excluding hydrogens is 424 g/mol. The zero-order chi connectivity index (χ0) is 25.5. The van der Waals surface area contributed by atoms with Crippen LogP contribution in [0.1, 0.15) is 113 Å². The molecule has 0 aromatic carbocycles. The lowest BCUT2D eigenvalue weighted by atomic mass is 9.35. The van der Waals surface area contributed by atoms with Crippen LogP contribution in [0.3, 0.4) is 0 Å². The van der Waals surface area contributed by atoms with Crippen LogP contribution in [-0.2, 0) is 9.59 Å². The predicted molar refractivity (Wildman–Crippen MR) is 135 cm³/mol. The summed E-state index contributed by atoms with van der Waals surface area (Å²) in [6.07, 6.45) is 11.4. The molecule has 0 bridgehead atoms. The molecule has 3 saturated carbocycles. The van der Waals surface area contributed by atoms with Crippen LogP contribution in [0.15, 0.2) is 11.6 Å². The highest BCUT2D eigenvalue weighted by molar-refractivity contribution is 5.75. The second kappa shape index (κ2) is 7.59. The molecule has 0 aromatic rings. The number of carboxylic acid groups (broad SMARTS) is 2. The summed E-state index contributed by atoms with van der Waals surface area (Å²) in [5.41, 5.74) is 0.911. The molecule has 0 unspecified atom stereocenters. The summed E-state index contributed by atoms with van der Waals surface area (Å²) in [6, 6.07) is 0. The van der Waals surface area contributed by atoms with E-state index >= 15 is 0 Å². The lowest BCUT2D eigenvalue weighted by Gasteiger charge is -2.69. The van der Waals surface area contributed by atoms with E-state index in [4.69, 9.17) is 0 Å². The predicted octanol–water partition coefficient (Wildman–Crippen LogP) is 7.57. The molecule has 3 fully saturated rings. The molecule has 34 heavy (non-hydrogen) atoms. The van der Waals surface area contributed by atoms with Gasteiger partial charge in [-0.3, -0.25) is 9.59 Å². The Morgan fingerprint density at radius 1 is 0.971 bits per heavy atom. The normalized spacial score (nSPS) is 45.9. The second-order valence-corrected chi connectivity index (χ2v) is 15.0. The number of carboxylic acids is 2. The molecule has 0 aliphatic heterocycles. The lowest BCUT2D eigenvalue weighted by molar-refractivity contribution is -0.186. The molecule has 192 valence electrons. The van der Waals surface area contributed by atoms with Crippen molar-refractivity contribution in [3.05, 3.63) is 11.6 Å². The fourth-order valence-corrected chi connectivity index (χ4v) is 9.79. The first-order valence-electron chi connectivity index (χ1n) is 13.6. The number of hydrogen-bond acceptors (Lipinski definition) is 2. The van der Waals surface area contributed by atoms with Gasteiger partial charge in [0.05, 0.1) is 11.8 Å². The molecular formula is C30H48O4. The molecule has 0 saturated heterocycles. The van der Waals surface area contributed by atoms with Gasteiger partial charge in [-0.05, 0) is 110 Å². The third kappa shape index (κ3) is 3.44. The first-order chi connectivity index (χ1) is 15.4. The van der Waals surface area contributed by atoms with E-state index < -0.39 is 22.8 Å². The Bertz CT molecular complexity index is 915. The van der Waals surface area contributed by atoms with Crippen molar-refractivity contribution >= 4 is 11.9 Å². The Morgan fingerprint density at radius 3 is 2.18 bits per heavy atom. The maximum absolute atomic E-state index is 12.3. The number of rotatable bonds is 4. The van der Waals surface area contributed by atoms with E-state index in [9.17, 15) is 19.8 Å². The summed E-state index contributed by atoms with van der Waals surface area (Å²) in [7, 11) is 0. The van der Waals surface area contributed by atoms with Crippen LogP contribution in [0.4, 0.5) is 0 Å². The average Bonchev–Trinajstić information content (AvgIpc) is 2.69. The van der Waals surface area contributed by atoms with Crippen LogP contribution in [0, 0.1) is 50.2 Å². The first kappa shape index (κ1) is 25.8. The van der Waals surface area contributed by atoms with Gasteiger partial charge in [0.15, 0.2) is 0 Å². The van der Waals surface area contributed by atoms with Crippen LogP contribution < -0.4 is 0 Å². The third-order valence-electron chi connectivity index (χ3n) is 12.3. The van der Waals surface area contributed by atoms with Crippen LogP contribution in [0.2, 0.25) is 0 Å². The fourth-order valence-electron chi connectivity index (χ4n) is 9.79. The van der Waals surface area contributed by atoms with E-state index in [1.54, 1.807) is 5.57 Å². The topological polar surface area (TPSA) is 74.6 Å². The SMILES string of the molecule is CC1(C)CC[C@]2(C)CC[C@]3(C)C(=CC[C@@H]4[C@@](C)(CC(=O)O)[C@H](C(C)(C)C(=O)O)CC[C@]43C)[C@@H]2C1. The average molecular weight is 473 g/mol. The third-order valence-corrected chi connectivity index (χ3v) is 12.3. The van der Waals surface area contributed by atoms with Crippen molar-refractivity contribution in [1.82, 2.24) is 0 Å². The summed E-state index contributed by atoms with van der Waals surface area (Å²) < 4.78 is 0. The highest BCUT2D eigenvalue weighted by Crippen LogP contribution is 2.74. The van der Waals surface area contributed by atoms with Gasteiger partial charge in [-0.2, -0.15) is 0 Å². The van der Waals surface area contributed by atoms with Crippen molar-refractivity contribution in [3.8, 4) is 0 Å². The van der Waals surface area contributed by atoms with Crippen molar-refractivity contribution in [2.45, 2.75) is 113 Å². The first-order valence-corrected chi connectivity index (χ1v) is 13.6. The molecule has 0 spiro atoms. The van der Waals surface area contributed by atoms with Crippen LogP contribution in [0.5, 0.6) is 0 Å². The highest BCUT2D eigenvalue weighted by Gasteiger charge is 2.67. The Labute approximate surface area is 207 Å². The van der Waals surface area contributed by atoms with Gasteiger partial charge >= 0.3 is 11.9 Å². The number of allylic oxidation sites excluding steroid dienone is 2. The minimum atomic E-state index is -0.949. The minimum absolute atomic E-state index is 0.0186. The van der Waals surface area contributed by atoms with Crippen LogP contribution in [-0.4, -0.2) is 22.2 Å². The minimum Gasteiger partial charge on any atom is -0.481 e. The van der Waals surface area contributed by atoms with Gasteiger partial charge < -0.3 is 10.2 Å². The van der Waals surface area contributed by atoms with Crippen molar-refractivity contribution in [2.75, 3.05) is 0 Å². The summed E-state index contributed by atoms with van der Waals surface area (Å²) in [5.74, 6) is -1.00. The molecule has 4 rings (SSSR count). The number of hydrogen-bond donors (Lipinski definition) is 2. The van der Waals surface area contributed by atoms with Gasteiger partial charge in [-0.15, -0.1) is 0 Å². The quantitative estimate of drug-likeness (QED) is 0.414. The molecule has 4 aliphatic rings. The Hall–Kier alpha value is -1.32. The Morgan fingerprint density at radius 2 is 1.59 bits per heavy atom. The maximum Gasteiger partial charge on any atom is 0.309 e. The van der Waals surface area contributed by atoms with Gasteiger partial charge in [-0.25, -0.2) is 0 Å². The summed E-state index contributed by atoms with van der Waals surface area (Å²) in [4.78, 5) is 24.5. The smallest absolute Gasteiger partial charge is 0.309 e. The van der Waals surface area contributed by atoms with E-state index in [1.807, 2.05) is 13.8 Å². The maximum atomic E-state index is 12.3. The van der Waals surface area contributed by atoms with Crippen molar-refractivity contribution in [2.24, 2.45) is 50.2 Å². The van der Waals surface area contributed by atoms with Gasteiger partial charge in [0.1, 0.15) is 0 Å².